The van der Waals surface area contributed by atoms with Gasteiger partial charge < -0.3 is 35.9 Å². The van der Waals surface area contributed by atoms with Gasteiger partial charge in [-0.2, -0.15) is 0 Å². The van der Waals surface area contributed by atoms with E-state index in [4.69, 9.17) is 17.7 Å². The molecule has 0 saturated heterocycles. The fourth-order valence-electron chi connectivity index (χ4n) is 23.2. The van der Waals surface area contributed by atoms with Gasteiger partial charge in [-0.15, -0.1) is 0 Å². The summed E-state index contributed by atoms with van der Waals surface area (Å²) in [4.78, 5) is 0. The van der Waals surface area contributed by atoms with Crippen LogP contribution >= 0.6 is 0 Å². The largest absolute Gasteiger partial charge is 0.456 e. The number of hydrogen-bond donors (Lipinski definition) is 0. The van der Waals surface area contributed by atoms with Gasteiger partial charge in [-0.05, 0) is 278 Å². The molecule has 8 aromatic heterocycles. The minimum Gasteiger partial charge on any atom is -0.456 e. The van der Waals surface area contributed by atoms with E-state index in [1.54, 1.807) is 0 Å². The lowest BCUT2D eigenvalue weighted by Crippen LogP contribution is -2.10. The zero-order valence-electron chi connectivity index (χ0n) is 83.3. The molecule has 23 aromatic carbocycles. The molecule has 0 aliphatic rings. The van der Waals surface area contributed by atoms with Crippen LogP contribution in [0.3, 0.4) is 0 Å². The predicted molar refractivity (Wildman–Crippen MR) is 631 cm³/mol. The van der Waals surface area contributed by atoms with Crippen LogP contribution in [0.4, 0.5) is 0 Å². The number of aryl methyl sites for hydroxylation is 2. The Labute approximate surface area is 865 Å². The third-order valence-corrected chi connectivity index (χ3v) is 30.4. The SMILES string of the molecule is CC(C)(C)c1ccc(-n2c3ccccc3c3ccc(-c4ccc5oc6ccccc6c5c4)cc32)cc1.Cc1cc(C)cc(-n2c3ccccc3c3ccc(-c4ccc5oc6ccccc6c5c4)cc32)c1.c1ccc(-c2cc(-c3ccccc3)cc(-n3c4ccccc4c4ccc(-c5ccc6oc7ccccc7c6c5)cc43)c2)cc1.c1ccc2c(-n3c4ccccc4c4ccc(-c5ccc6oc7ccccc7c6c5)cc43)cccc2c1. The van der Waals surface area contributed by atoms with E-state index in [-0.39, 0.29) is 5.41 Å². The Kier molecular flexibility index (Phi) is 21.2. The summed E-state index contributed by atoms with van der Waals surface area (Å²) < 4.78 is 33.9. The number of nitrogens with zero attached hydrogens (tertiary/aromatic N) is 4. The molecule has 0 N–H and O–H groups in total. The number of hydrogen-bond acceptors (Lipinski definition) is 4. The van der Waals surface area contributed by atoms with E-state index in [2.05, 4.69) is 508 Å². The van der Waals surface area contributed by atoms with Crippen LogP contribution in [0.5, 0.6) is 0 Å². The molecule has 8 heterocycles. The molecule has 0 aliphatic heterocycles. The number of aromatic nitrogens is 4. The maximum Gasteiger partial charge on any atom is 0.135 e. The van der Waals surface area contributed by atoms with Crippen LogP contribution in [0.25, 0.3) is 275 Å². The Morgan fingerprint density at radius 3 is 0.780 bits per heavy atom. The molecule has 0 saturated carbocycles. The molecular formula is C142H98N4O4. The number of rotatable bonds is 10. The lowest BCUT2D eigenvalue weighted by molar-refractivity contribution is 0.590. The zero-order valence-corrected chi connectivity index (χ0v) is 83.3. The first-order valence-electron chi connectivity index (χ1n) is 51.5. The quantitative estimate of drug-likeness (QED) is 0.137. The Hall–Kier alpha value is -19.3. The van der Waals surface area contributed by atoms with Gasteiger partial charge in [0.05, 0.1) is 49.8 Å². The van der Waals surface area contributed by atoms with E-state index >= 15 is 0 Å². The molecule has 0 spiro atoms. The van der Waals surface area contributed by atoms with Crippen LogP contribution in [0.15, 0.2) is 521 Å². The molecule has 31 aromatic rings. The molecule has 0 aliphatic carbocycles. The highest BCUT2D eigenvalue weighted by atomic mass is 16.3. The number of furan rings is 4. The van der Waals surface area contributed by atoms with Crippen LogP contribution in [0, 0.1) is 13.8 Å². The minimum absolute atomic E-state index is 0.127. The van der Waals surface area contributed by atoms with E-state index in [1.807, 2.05) is 48.5 Å². The highest BCUT2D eigenvalue weighted by Crippen LogP contribution is 2.47. The Morgan fingerprint density at radius 1 is 0.153 bits per heavy atom. The molecule has 0 atom stereocenters. The topological polar surface area (TPSA) is 72.3 Å². The van der Waals surface area contributed by atoms with Gasteiger partial charge in [0.25, 0.3) is 0 Å². The lowest BCUT2D eigenvalue weighted by Gasteiger charge is -2.19. The number of fused-ring (bicyclic) bond motifs is 25. The molecule has 710 valence electrons. The van der Waals surface area contributed by atoms with Gasteiger partial charge in [-0.3, -0.25) is 0 Å². The summed E-state index contributed by atoms with van der Waals surface area (Å²) in [7, 11) is 0. The van der Waals surface area contributed by atoms with Crippen molar-refractivity contribution in [2.75, 3.05) is 0 Å². The van der Waals surface area contributed by atoms with Gasteiger partial charge >= 0.3 is 0 Å². The first-order valence-corrected chi connectivity index (χ1v) is 51.5. The molecule has 8 heteroatoms. The lowest BCUT2D eigenvalue weighted by atomic mass is 9.87. The standard InChI is InChI=1S/C42H27NO.C34H21NO.C34H27NO.C32H23NO/c1-3-11-28(12-4-1)32-23-33(29-13-5-2-6-14-29)25-34(24-32)43-39-17-9-7-15-35(39)36-21-19-31(27-40(36)43)30-20-22-42-38(26-30)37-16-8-10-18-41(37)44-42;1-2-10-25-22(8-1)9-7-14-30(25)35-31-13-5-3-11-26(31)27-18-16-24(21-32(27)35)23-17-19-34-29(20-23)28-12-4-6-15-33(28)36-34;1-34(2,3)24-14-16-25(17-15-24)35-30-10-6-4-8-26(30)27-18-12-23(21-31(27)35)22-13-19-33-29(20-22)28-9-5-7-11-32(28)36-33;1-20-15-21(2)17-24(16-20)33-29-9-5-3-7-25(29)26-13-11-23(19-30(26)33)22-12-14-32-28(18-22)27-8-4-6-10-31(27)34-32/h1-27H;1-21H;4-21H,1-3H3;3-19H,1-2H3. The van der Waals surface area contributed by atoms with Crippen molar-refractivity contribution < 1.29 is 17.7 Å². The predicted octanol–water partition coefficient (Wildman–Crippen LogP) is 39.8. The monoisotopic (exact) mass is 1920 g/mol. The van der Waals surface area contributed by atoms with Gasteiger partial charge in [-0.25, -0.2) is 0 Å². The Bertz CT molecular complexity index is 10700. The van der Waals surface area contributed by atoms with Gasteiger partial charge in [0.15, 0.2) is 0 Å². The second-order valence-corrected chi connectivity index (χ2v) is 40.7. The van der Waals surface area contributed by atoms with Crippen LogP contribution in [-0.4, -0.2) is 18.3 Å². The molecule has 0 fully saturated rings. The third kappa shape index (κ3) is 15.4. The smallest absolute Gasteiger partial charge is 0.135 e. The molecule has 0 bridgehead atoms. The van der Waals surface area contributed by atoms with Crippen molar-refractivity contribution in [2.24, 2.45) is 0 Å². The minimum atomic E-state index is 0.127. The van der Waals surface area contributed by atoms with Crippen molar-refractivity contribution in [3.05, 3.63) is 520 Å². The zero-order chi connectivity index (χ0) is 99.9. The third-order valence-electron chi connectivity index (χ3n) is 30.4. The summed E-state index contributed by atoms with van der Waals surface area (Å²) >= 11 is 0. The first-order chi connectivity index (χ1) is 73.8. The van der Waals surface area contributed by atoms with Crippen molar-refractivity contribution in [1.29, 1.82) is 0 Å². The fraction of sp³-hybridized carbons (Fsp3) is 0.0423. The van der Waals surface area contributed by atoms with Gasteiger partial charge in [-0.1, -0.05) is 354 Å². The van der Waals surface area contributed by atoms with Crippen molar-refractivity contribution in [3.63, 3.8) is 0 Å². The fourth-order valence-corrected chi connectivity index (χ4v) is 23.2. The van der Waals surface area contributed by atoms with E-state index in [1.165, 1.54) is 199 Å². The van der Waals surface area contributed by atoms with E-state index in [0.717, 1.165) is 93.4 Å². The molecule has 0 unspecified atom stereocenters. The summed E-state index contributed by atoms with van der Waals surface area (Å²) in [5.74, 6) is 0. The van der Waals surface area contributed by atoms with E-state index in [0.29, 0.717) is 0 Å². The van der Waals surface area contributed by atoms with E-state index < -0.39 is 0 Å². The normalized spacial score (nSPS) is 11.9. The van der Waals surface area contributed by atoms with Gasteiger partial charge in [0.1, 0.15) is 44.7 Å². The van der Waals surface area contributed by atoms with Crippen LogP contribution in [-0.2, 0) is 5.41 Å². The summed E-state index contributed by atoms with van der Waals surface area (Å²) in [5, 5.41) is 21.8. The molecule has 0 amide bonds. The summed E-state index contributed by atoms with van der Waals surface area (Å²) in [6.07, 6.45) is 0. The van der Waals surface area contributed by atoms with Gasteiger partial charge in [0, 0.05) is 109 Å². The summed E-state index contributed by atoms with van der Waals surface area (Å²) in [6.45, 7) is 11.1. The van der Waals surface area contributed by atoms with E-state index in [9.17, 15) is 0 Å². The molecule has 8 nitrogen and oxygen atoms in total. The number of para-hydroxylation sites is 8. The molecule has 31 rings (SSSR count). The van der Waals surface area contributed by atoms with Crippen LogP contribution in [0.2, 0.25) is 0 Å². The summed E-state index contributed by atoms with van der Waals surface area (Å²) in [6, 6.07) is 181. The highest BCUT2D eigenvalue weighted by Gasteiger charge is 2.25. The first kappa shape index (κ1) is 88.4. The second kappa shape index (κ2) is 35.9. The highest BCUT2D eigenvalue weighted by molar-refractivity contribution is 6.18. The van der Waals surface area contributed by atoms with Crippen molar-refractivity contribution in [3.8, 4) is 89.5 Å². The van der Waals surface area contributed by atoms with Crippen LogP contribution in [0.1, 0.15) is 37.5 Å². The van der Waals surface area contributed by atoms with Crippen LogP contribution < -0.4 is 0 Å². The maximum absolute atomic E-state index is 6.12. The maximum atomic E-state index is 6.12. The summed E-state index contributed by atoms with van der Waals surface area (Å²) in [5.41, 5.74) is 40.2. The molecular weight excluding hydrogens is 1830 g/mol. The average molecular weight is 1920 g/mol. The Balaban J connectivity index is 0.0000000965. The van der Waals surface area contributed by atoms with Gasteiger partial charge in [0.2, 0.25) is 0 Å². The number of benzene rings is 23. The van der Waals surface area contributed by atoms with Crippen molar-refractivity contribution >= 4 is 186 Å². The molecule has 150 heavy (non-hydrogen) atoms. The van der Waals surface area contributed by atoms with Crippen molar-refractivity contribution in [1.82, 2.24) is 18.3 Å². The average Bonchev–Trinajstić information content (AvgIpc) is 1.60. The Morgan fingerprint density at radius 2 is 0.420 bits per heavy atom. The second-order valence-electron chi connectivity index (χ2n) is 40.7. The van der Waals surface area contributed by atoms with Crippen molar-refractivity contribution in [2.45, 2.75) is 40.0 Å². The molecule has 0 radical (unpaired) electrons.